The Balaban J connectivity index is 3.39. The molecule has 0 aliphatic rings. The average molecular weight is 191 g/mol. The third-order valence-corrected chi connectivity index (χ3v) is 1.86. The Labute approximate surface area is 79.9 Å². The molecule has 0 saturated heterocycles. The molecule has 0 aliphatic heterocycles. The highest BCUT2D eigenvalue weighted by molar-refractivity contribution is 4.74. The number of ether oxygens (including phenoxy) is 1. The van der Waals surface area contributed by atoms with E-state index in [0.29, 0.717) is 19.6 Å². The van der Waals surface area contributed by atoms with Gasteiger partial charge in [-0.05, 0) is 19.9 Å². The minimum atomic E-state index is -0.717. The number of nitrogens with one attached hydrogen (secondary N) is 1. The van der Waals surface area contributed by atoms with Crippen LogP contribution in [0.4, 0.5) is 0 Å². The number of hydrogen-bond acceptors (Lipinski definition) is 4. The summed E-state index contributed by atoms with van der Waals surface area (Å²) in [6.45, 7) is 3.80. The van der Waals surface area contributed by atoms with Crippen molar-refractivity contribution < 1.29 is 14.9 Å². The Morgan fingerprint density at radius 1 is 1.46 bits per heavy atom. The van der Waals surface area contributed by atoms with Crippen molar-refractivity contribution in [3.8, 4) is 0 Å². The summed E-state index contributed by atoms with van der Waals surface area (Å²) in [5.41, 5.74) is -0.717. The summed E-state index contributed by atoms with van der Waals surface area (Å²) >= 11 is 0. The van der Waals surface area contributed by atoms with Gasteiger partial charge in [0.15, 0.2) is 0 Å². The quantitative estimate of drug-likeness (QED) is 0.463. The van der Waals surface area contributed by atoms with Gasteiger partial charge < -0.3 is 20.3 Å². The second kappa shape index (κ2) is 7.26. The summed E-state index contributed by atoms with van der Waals surface area (Å²) in [6.07, 6.45) is 1.34. The van der Waals surface area contributed by atoms with Crippen LogP contribution in [-0.4, -0.2) is 49.2 Å². The van der Waals surface area contributed by atoms with E-state index in [1.165, 1.54) is 0 Å². The van der Waals surface area contributed by atoms with Gasteiger partial charge in [0, 0.05) is 33.3 Å². The van der Waals surface area contributed by atoms with Crippen molar-refractivity contribution in [3.63, 3.8) is 0 Å². The highest BCUT2D eigenvalue weighted by Crippen LogP contribution is 2.07. The zero-order valence-corrected chi connectivity index (χ0v) is 8.55. The molecule has 4 nitrogen and oxygen atoms in total. The van der Waals surface area contributed by atoms with Crippen LogP contribution in [0, 0.1) is 0 Å². The van der Waals surface area contributed by atoms with Crippen molar-refractivity contribution in [1.82, 2.24) is 5.32 Å². The Kier molecular flexibility index (Phi) is 7.17. The summed E-state index contributed by atoms with van der Waals surface area (Å²) in [4.78, 5) is 0. The first-order chi connectivity index (χ1) is 6.12. The van der Waals surface area contributed by atoms with Gasteiger partial charge in [0.1, 0.15) is 0 Å². The molecule has 13 heavy (non-hydrogen) atoms. The van der Waals surface area contributed by atoms with Gasteiger partial charge in [-0.3, -0.25) is 0 Å². The Hall–Kier alpha value is -0.160. The van der Waals surface area contributed by atoms with Crippen LogP contribution >= 0.6 is 0 Å². The maximum absolute atomic E-state index is 9.74. The zero-order chi connectivity index (χ0) is 10.2. The fraction of sp³-hybridized carbons (Fsp3) is 1.00. The number of methoxy groups -OCH3 is 1. The normalized spacial score (nSPS) is 15.7. The van der Waals surface area contributed by atoms with Crippen LogP contribution in [0.25, 0.3) is 0 Å². The van der Waals surface area contributed by atoms with Gasteiger partial charge in [-0.1, -0.05) is 0 Å². The summed E-state index contributed by atoms with van der Waals surface area (Å²) < 4.78 is 4.88. The summed E-state index contributed by atoms with van der Waals surface area (Å²) in [6, 6.07) is 0. The number of hydrogen-bond donors (Lipinski definition) is 3. The second-order valence-corrected chi connectivity index (χ2v) is 3.49. The number of rotatable bonds is 8. The smallest absolute Gasteiger partial charge is 0.0765 e. The minimum Gasteiger partial charge on any atom is -0.396 e. The van der Waals surface area contributed by atoms with Gasteiger partial charge in [-0.2, -0.15) is 0 Å². The van der Waals surface area contributed by atoms with Crippen molar-refractivity contribution >= 4 is 0 Å². The number of aliphatic hydroxyl groups is 2. The highest BCUT2D eigenvalue weighted by atomic mass is 16.5. The maximum Gasteiger partial charge on any atom is 0.0765 e. The number of aliphatic hydroxyl groups excluding tert-OH is 1. The van der Waals surface area contributed by atoms with Crippen LogP contribution in [0.15, 0.2) is 0 Å². The van der Waals surface area contributed by atoms with Crippen molar-refractivity contribution in [1.29, 1.82) is 0 Å². The molecule has 4 heteroatoms. The van der Waals surface area contributed by atoms with Gasteiger partial charge in [0.25, 0.3) is 0 Å². The van der Waals surface area contributed by atoms with Crippen LogP contribution in [-0.2, 0) is 4.74 Å². The molecule has 0 aromatic rings. The van der Waals surface area contributed by atoms with E-state index >= 15 is 0 Å². The van der Waals surface area contributed by atoms with Crippen molar-refractivity contribution in [2.75, 3.05) is 33.4 Å². The molecule has 0 saturated carbocycles. The molecule has 0 aromatic heterocycles. The molecule has 0 amide bonds. The first kappa shape index (κ1) is 12.8. The van der Waals surface area contributed by atoms with E-state index in [2.05, 4.69) is 5.32 Å². The van der Waals surface area contributed by atoms with Crippen LogP contribution in [0.2, 0.25) is 0 Å². The first-order valence-corrected chi connectivity index (χ1v) is 4.65. The third kappa shape index (κ3) is 8.18. The molecule has 0 heterocycles. The lowest BCUT2D eigenvalue weighted by molar-refractivity contribution is 0.0248. The Morgan fingerprint density at radius 3 is 2.69 bits per heavy atom. The molecule has 0 radical (unpaired) electrons. The van der Waals surface area contributed by atoms with E-state index in [-0.39, 0.29) is 6.61 Å². The SMILES string of the molecule is COCCC(C)(O)CNCCCO. The van der Waals surface area contributed by atoms with Crippen LogP contribution in [0.1, 0.15) is 19.8 Å². The Morgan fingerprint density at radius 2 is 2.15 bits per heavy atom. The largest absolute Gasteiger partial charge is 0.396 e. The molecule has 1 atom stereocenters. The predicted molar refractivity (Wildman–Crippen MR) is 51.7 cm³/mol. The topological polar surface area (TPSA) is 61.7 Å². The molecular weight excluding hydrogens is 170 g/mol. The fourth-order valence-electron chi connectivity index (χ4n) is 0.972. The van der Waals surface area contributed by atoms with E-state index in [1.807, 2.05) is 0 Å². The third-order valence-electron chi connectivity index (χ3n) is 1.86. The molecule has 0 bridgehead atoms. The fourth-order valence-corrected chi connectivity index (χ4v) is 0.972. The van der Waals surface area contributed by atoms with Crippen molar-refractivity contribution in [3.05, 3.63) is 0 Å². The lowest BCUT2D eigenvalue weighted by atomic mass is 10.0. The molecule has 1 unspecified atom stereocenters. The lowest BCUT2D eigenvalue weighted by Gasteiger charge is -2.23. The van der Waals surface area contributed by atoms with Crippen molar-refractivity contribution in [2.24, 2.45) is 0 Å². The van der Waals surface area contributed by atoms with Gasteiger partial charge in [-0.25, -0.2) is 0 Å². The van der Waals surface area contributed by atoms with Gasteiger partial charge in [-0.15, -0.1) is 0 Å². The predicted octanol–water partition coefficient (Wildman–Crippen LogP) is -0.254. The van der Waals surface area contributed by atoms with E-state index in [9.17, 15) is 5.11 Å². The standard InChI is InChI=1S/C9H21NO3/c1-9(12,4-7-13-2)8-10-5-3-6-11/h10-12H,3-8H2,1-2H3. The van der Waals surface area contributed by atoms with E-state index in [1.54, 1.807) is 14.0 Å². The molecule has 0 aromatic carbocycles. The maximum atomic E-state index is 9.74. The molecule has 0 fully saturated rings. The first-order valence-electron chi connectivity index (χ1n) is 4.65. The summed E-state index contributed by atoms with van der Waals surface area (Å²) in [7, 11) is 1.62. The van der Waals surface area contributed by atoms with Gasteiger partial charge in [0.05, 0.1) is 5.60 Å². The van der Waals surface area contributed by atoms with E-state index in [0.717, 1.165) is 13.0 Å². The summed E-state index contributed by atoms with van der Waals surface area (Å²) in [5.74, 6) is 0. The molecule has 3 N–H and O–H groups in total. The van der Waals surface area contributed by atoms with Gasteiger partial charge in [0.2, 0.25) is 0 Å². The molecular formula is C9H21NO3. The molecule has 0 aliphatic carbocycles. The van der Waals surface area contributed by atoms with E-state index in [4.69, 9.17) is 9.84 Å². The van der Waals surface area contributed by atoms with E-state index < -0.39 is 5.60 Å². The Bertz CT molecular complexity index is 117. The van der Waals surface area contributed by atoms with Crippen LogP contribution in [0.5, 0.6) is 0 Å². The molecule has 80 valence electrons. The van der Waals surface area contributed by atoms with Crippen molar-refractivity contribution in [2.45, 2.75) is 25.4 Å². The summed E-state index contributed by atoms with van der Waals surface area (Å²) in [5, 5.41) is 21.3. The average Bonchev–Trinajstić information content (AvgIpc) is 2.09. The van der Waals surface area contributed by atoms with Crippen LogP contribution in [0.3, 0.4) is 0 Å². The minimum absolute atomic E-state index is 0.188. The monoisotopic (exact) mass is 191 g/mol. The highest BCUT2D eigenvalue weighted by Gasteiger charge is 2.18. The zero-order valence-electron chi connectivity index (χ0n) is 8.55. The van der Waals surface area contributed by atoms with Crippen LogP contribution < -0.4 is 5.32 Å². The van der Waals surface area contributed by atoms with Gasteiger partial charge >= 0.3 is 0 Å². The molecule has 0 rings (SSSR count). The second-order valence-electron chi connectivity index (χ2n) is 3.49. The molecule has 0 spiro atoms. The lowest BCUT2D eigenvalue weighted by Crippen LogP contribution is -2.39.